The third-order valence-electron chi connectivity index (χ3n) is 21.6. The standard InChI is InChI=1S/C21H20N2O2S3.C21H20N2OS3.C20H21N5OS2.C19H18N4O2S2.C18H18N4OS3/c1-25-10-6-12-28(24)21-19(22)18-15(14-7-3-2-4-8-14)13-16(23-20(18)27-21)17-9-5-11-26-17;1-2-3-12-27(24)21-19(22)18-15(14-8-5-4-6-9-14)13-16(23-20(18)26-21)17-10-7-11-25-17;1-3-4-12-28(26)20-15(21)14-16(13-8-6-5-7-9-13)23-17(24-19(14)27-20)18-22-10-11-25(18)2;1-2-3-9-27(24)19-15(20)14-16(12-7-5-4-6-8-12)22-17(23-18(14)26-19)13-10-25-11-21-13;1-10(2)26(23)18-15(19)14-11(16-20-6-7-22(16)3)9-12(21-17(14)25-18)13-5-4-8-24-13/h2-5,7-9,11,13H,6,10,12,22H2,1H3;4-11,13H,2-3,12,22H2,1H3;5-11H,3-4,12,21H2,1-2H3;4-8,10-11H,2-3,9,20H2,1H3;4-10H,19H2,1-3H3. The summed E-state index contributed by atoms with van der Waals surface area (Å²) in [6, 6.07) is 58.5. The van der Waals surface area contributed by atoms with Crippen LogP contribution in [0.2, 0.25) is 0 Å². The molecule has 4 aromatic carbocycles. The Kier molecular flexibility index (Phi) is 32.6. The number of nitrogen functional groups attached to an aromatic ring is 5. The molecule has 5 unspecified atom stereocenters. The second-order valence-corrected chi connectivity index (χ2v) is 48.4. The van der Waals surface area contributed by atoms with Crippen molar-refractivity contribution in [2.75, 3.05) is 65.4 Å². The molecule has 37 heteroatoms. The van der Waals surface area contributed by atoms with E-state index in [4.69, 9.17) is 67.7 Å². The summed E-state index contributed by atoms with van der Waals surface area (Å²) in [6.07, 6.45) is 16.6. The van der Waals surface area contributed by atoms with E-state index in [2.05, 4.69) is 94.6 Å². The molecule has 0 bridgehead atoms. The van der Waals surface area contributed by atoms with Crippen LogP contribution in [-0.2, 0) is 72.8 Å². The lowest BCUT2D eigenvalue weighted by Crippen LogP contribution is -2.06. The summed E-state index contributed by atoms with van der Waals surface area (Å²) in [6.45, 7) is 10.7. The fraction of sp³-hybridized carbons (Fsp3) is 0.212. The van der Waals surface area contributed by atoms with E-state index in [1.54, 1.807) is 53.5 Å². The Bertz CT molecular complexity index is 7450. The smallest absolute Gasteiger partial charge is 0.197 e. The van der Waals surface area contributed by atoms with Gasteiger partial charge in [0.05, 0.1) is 136 Å². The van der Waals surface area contributed by atoms with E-state index < -0.39 is 54.0 Å². The van der Waals surface area contributed by atoms with Crippen LogP contribution in [0, 0.1) is 0 Å². The van der Waals surface area contributed by atoms with Crippen LogP contribution >= 0.6 is 90.7 Å². The van der Waals surface area contributed by atoms with Gasteiger partial charge in [-0.25, -0.2) is 49.8 Å². The van der Waals surface area contributed by atoms with Crippen LogP contribution in [0.1, 0.15) is 79.6 Å². The third kappa shape index (κ3) is 21.7. The van der Waals surface area contributed by atoms with E-state index in [1.165, 1.54) is 69.3 Å². The Morgan fingerprint density at radius 3 is 1.09 bits per heavy atom. The van der Waals surface area contributed by atoms with Crippen molar-refractivity contribution in [1.82, 2.24) is 59.0 Å². The molecule has 10 N–H and O–H groups in total. The number of hydrogen-bond acceptors (Lipinski definition) is 30. The number of methoxy groups -OCH3 is 1. The normalized spacial score (nSPS) is 12.6. The van der Waals surface area contributed by atoms with Crippen molar-refractivity contribution in [3.8, 4) is 111 Å². The number of rotatable bonds is 29. The van der Waals surface area contributed by atoms with E-state index >= 15 is 0 Å². The number of aromatic nitrogens is 12. The van der Waals surface area contributed by atoms with Crippen molar-refractivity contribution >= 4 is 224 Å². The first-order chi connectivity index (χ1) is 66.1. The summed E-state index contributed by atoms with van der Waals surface area (Å²) in [4.78, 5) is 53.7. The van der Waals surface area contributed by atoms with Gasteiger partial charge in [0, 0.05) is 114 Å². The van der Waals surface area contributed by atoms with Gasteiger partial charge in [-0.15, -0.1) is 90.7 Å². The maximum Gasteiger partial charge on any atom is 0.197 e. The Balaban J connectivity index is 0.000000123. The lowest BCUT2D eigenvalue weighted by molar-refractivity contribution is 0.200. The summed E-state index contributed by atoms with van der Waals surface area (Å²) in [5.41, 5.74) is 46.9. The second kappa shape index (κ2) is 45.3. The number of nitrogens with two attached hydrogens (primary N) is 5. The molecule has 0 aliphatic rings. The zero-order valence-electron chi connectivity index (χ0n) is 75.4. The number of anilines is 5. The molecule has 16 aromatic heterocycles. The van der Waals surface area contributed by atoms with E-state index in [0.29, 0.717) is 109 Å². The van der Waals surface area contributed by atoms with Crippen LogP contribution in [0.25, 0.3) is 162 Å². The minimum absolute atomic E-state index is 0.00117. The monoisotopic (exact) mass is 2050 g/mol. The number of ether oxygens (including phenoxy) is 1. The van der Waals surface area contributed by atoms with Gasteiger partial charge >= 0.3 is 0 Å². The second-order valence-electron chi connectivity index (χ2n) is 31.3. The number of unbranched alkanes of at least 4 members (excludes halogenated alkanes) is 3. The van der Waals surface area contributed by atoms with Crippen molar-refractivity contribution in [1.29, 1.82) is 0 Å². The van der Waals surface area contributed by atoms with E-state index in [0.717, 1.165) is 178 Å². The molecule has 5 atom stereocenters. The first kappa shape index (κ1) is 97.8. The largest absolute Gasteiger partial charge is 0.451 e. The fourth-order valence-corrected chi connectivity index (χ4v) is 30.5. The summed E-state index contributed by atoms with van der Waals surface area (Å²) in [7, 11) is -0.159. The molecule has 0 aliphatic heterocycles. The highest BCUT2D eigenvalue weighted by atomic mass is 32.2. The zero-order valence-corrected chi connectivity index (χ0v) is 86.0. The molecule has 0 saturated carbocycles. The first-order valence-electron chi connectivity index (χ1n) is 43.6. The Labute approximate surface area is 831 Å². The average Bonchev–Trinajstić information content (AvgIpc) is 1.59. The maximum absolute atomic E-state index is 12.8. The summed E-state index contributed by atoms with van der Waals surface area (Å²) < 4.78 is 81.3. The van der Waals surface area contributed by atoms with Gasteiger partial charge in [0.15, 0.2) is 23.9 Å². The third-order valence-corrected chi connectivity index (χ3v) is 39.3. The lowest BCUT2D eigenvalue weighted by atomic mass is 10.0. The van der Waals surface area contributed by atoms with Crippen molar-refractivity contribution in [2.45, 2.75) is 106 Å². The molecule has 24 nitrogen and oxygen atoms in total. The zero-order chi connectivity index (χ0) is 95.2. The molecule has 0 spiro atoms. The number of nitrogens with zero attached hydrogens (tertiary/aromatic N) is 12. The highest BCUT2D eigenvalue weighted by Gasteiger charge is 2.30. The molecule has 0 amide bonds. The topological polar surface area (TPSA) is 377 Å². The number of benzene rings is 4. The van der Waals surface area contributed by atoms with Gasteiger partial charge in [0.2, 0.25) is 0 Å². The number of pyridine rings is 3. The Morgan fingerprint density at radius 1 is 0.382 bits per heavy atom. The molecule has 0 saturated heterocycles. The number of hydrogen-bond donors (Lipinski definition) is 5. The number of oxazole rings is 1. The Hall–Kier alpha value is -11.3. The quantitative estimate of drug-likeness (QED) is 0.0272. The van der Waals surface area contributed by atoms with Crippen molar-refractivity contribution in [3.05, 3.63) is 230 Å². The number of fused-ring (bicyclic) bond motifs is 5. The summed E-state index contributed by atoms with van der Waals surface area (Å²) in [5, 5.41) is 10.3. The molecule has 0 aliphatic carbocycles. The summed E-state index contributed by atoms with van der Waals surface area (Å²) in [5.74, 6) is 4.87. The molecule has 16 heterocycles. The Morgan fingerprint density at radius 2 is 0.728 bits per heavy atom. The van der Waals surface area contributed by atoms with Crippen LogP contribution in [0.3, 0.4) is 0 Å². The van der Waals surface area contributed by atoms with Crippen LogP contribution in [0.5, 0.6) is 0 Å². The van der Waals surface area contributed by atoms with Gasteiger partial charge < -0.3 is 47.0 Å². The highest BCUT2D eigenvalue weighted by Crippen LogP contribution is 2.49. The molecule has 698 valence electrons. The molecule has 20 aromatic rings. The van der Waals surface area contributed by atoms with E-state index in [-0.39, 0.29) is 5.25 Å². The number of thiophene rings is 8. The first-order valence-corrected chi connectivity index (χ1v) is 56.8. The van der Waals surface area contributed by atoms with Crippen molar-refractivity contribution in [3.63, 3.8) is 0 Å². The maximum atomic E-state index is 12.8. The highest BCUT2D eigenvalue weighted by molar-refractivity contribution is 7.89. The van der Waals surface area contributed by atoms with Gasteiger partial charge in [-0.2, -0.15) is 0 Å². The number of aryl methyl sites for hydroxylation is 2. The SMILES string of the molecule is CC(C)S(=O)c1sc2nc(-c3cccs3)cc(-c3nccn3C)c2c1N.CCCCS(=O)c1sc2nc(-c3cccs3)cc(-c3ccccc3)c2c1N.CCCCS(=O)c1sc2nc(-c3cocn3)nc(-c3ccccc3)c2c1N.CCCCS(=O)c1sc2nc(-c3nccn3C)nc(-c3ccccc3)c2c1N.COCCCS(=O)c1sc2nc(-c3cccs3)cc(-c3ccccc3)c2c1N. The van der Waals surface area contributed by atoms with Gasteiger partial charge in [0.1, 0.15) is 63.0 Å². The molecule has 20 rings (SSSR count). The minimum Gasteiger partial charge on any atom is -0.451 e. The van der Waals surface area contributed by atoms with Crippen LogP contribution in [0.15, 0.2) is 255 Å². The van der Waals surface area contributed by atoms with E-state index in [9.17, 15) is 21.0 Å². The van der Waals surface area contributed by atoms with Gasteiger partial charge in [-0.05, 0) is 100 Å². The molecular formula is C99H97N17O7S13. The van der Waals surface area contributed by atoms with Crippen molar-refractivity contribution in [2.24, 2.45) is 14.1 Å². The van der Waals surface area contributed by atoms with Crippen LogP contribution < -0.4 is 28.7 Å². The molecular weight excluding hydrogens is 1960 g/mol. The van der Waals surface area contributed by atoms with E-state index in [1.807, 2.05) is 188 Å². The molecule has 0 radical (unpaired) electrons. The predicted octanol–water partition coefficient (Wildman–Crippen LogP) is 24.9. The average molecular weight is 2050 g/mol. The number of imidazole rings is 2. The van der Waals surface area contributed by atoms with Crippen LogP contribution in [-0.4, -0.2) is 122 Å². The fourth-order valence-electron chi connectivity index (χ4n) is 14.7. The molecule has 0 fully saturated rings. The molecule has 136 heavy (non-hydrogen) atoms. The van der Waals surface area contributed by atoms with Crippen LogP contribution in [0.4, 0.5) is 28.4 Å². The van der Waals surface area contributed by atoms with Crippen molar-refractivity contribution < 1.29 is 30.2 Å². The predicted molar refractivity (Wildman–Crippen MR) is 575 cm³/mol. The minimum atomic E-state index is -1.16. The van der Waals surface area contributed by atoms with Gasteiger partial charge in [0.25, 0.3) is 0 Å². The summed E-state index contributed by atoms with van der Waals surface area (Å²) >= 11 is 12.1. The van der Waals surface area contributed by atoms with Gasteiger partial charge in [-0.1, -0.05) is 193 Å². The van der Waals surface area contributed by atoms with Gasteiger partial charge in [-0.3, -0.25) is 21.0 Å². The lowest BCUT2D eigenvalue weighted by Gasteiger charge is -2.08.